The van der Waals surface area contributed by atoms with E-state index in [4.69, 9.17) is 4.74 Å². The van der Waals surface area contributed by atoms with Crippen LogP contribution in [0.2, 0.25) is 0 Å². The number of hydrogen-bond acceptors (Lipinski definition) is 4. The number of amides is 1. The van der Waals surface area contributed by atoms with Gasteiger partial charge in [0.05, 0.1) is 6.10 Å². The maximum absolute atomic E-state index is 12.5. The van der Waals surface area contributed by atoms with Crippen LogP contribution in [-0.2, 0) is 19.6 Å². The molecular weight excluding hydrogens is 364 g/mol. The minimum Gasteiger partial charge on any atom is -0.368 e. The highest BCUT2D eigenvalue weighted by Gasteiger charge is 2.27. The standard InChI is InChI=1S/C20H28N2O4S/c23-20(17-26-19-9-5-2-6-10-19)21-12-14-22(15-13-21)27(24,25)16-11-18-7-3-1-4-8-18/h1,3-4,7-8,11,16,19H,2,5-6,9-10,12-15,17H2. The van der Waals surface area contributed by atoms with E-state index in [0.29, 0.717) is 26.2 Å². The van der Waals surface area contributed by atoms with Crippen molar-refractivity contribution in [2.45, 2.75) is 38.2 Å². The van der Waals surface area contributed by atoms with Crippen molar-refractivity contribution >= 4 is 22.0 Å². The molecule has 0 N–H and O–H groups in total. The van der Waals surface area contributed by atoms with E-state index < -0.39 is 10.0 Å². The number of hydrogen-bond donors (Lipinski definition) is 0. The Morgan fingerprint density at radius 3 is 2.37 bits per heavy atom. The summed E-state index contributed by atoms with van der Waals surface area (Å²) in [6, 6.07) is 9.34. The van der Waals surface area contributed by atoms with Crippen molar-refractivity contribution in [2.24, 2.45) is 0 Å². The number of nitrogens with zero attached hydrogens (tertiary/aromatic N) is 2. The van der Waals surface area contributed by atoms with E-state index in [1.165, 1.54) is 29.0 Å². The average Bonchev–Trinajstić information content (AvgIpc) is 2.72. The summed E-state index contributed by atoms with van der Waals surface area (Å²) in [4.78, 5) is 14.0. The Labute approximate surface area is 161 Å². The fourth-order valence-electron chi connectivity index (χ4n) is 3.52. The van der Waals surface area contributed by atoms with Crippen molar-refractivity contribution < 1.29 is 17.9 Å². The van der Waals surface area contributed by atoms with Gasteiger partial charge in [0.2, 0.25) is 15.9 Å². The van der Waals surface area contributed by atoms with Crippen LogP contribution >= 0.6 is 0 Å². The van der Waals surface area contributed by atoms with Gasteiger partial charge in [-0.25, -0.2) is 8.42 Å². The molecule has 0 atom stereocenters. The molecule has 2 fully saturated rings. The average molecular weight is 393 g/mol. The maximum Gasteiger partial charge on any atom is 0.248 e. The maximum atomic E-state index is 12.5. The lowest BCUT2D eigenvalue weighted by atomic mass is 9.98. The Bertz CT molecular complexity index is 735. The van der Waals surface area contributed by atoms with E-state index in [2.05, 4.69) is 0 Å². The minimum atomic E-state index is -3.48. The van der Waals surface area contributed by atoms with Crippen LogP contribution in [0.4, 0.5) is 0 Å². The summed E-state index contributed by atoms with van der Waals surface area (Å²) in [5.74, 6) is -0.0440. The van der Waals surface area contributed by atoms with Crippen LogP contribution in [0.15, 0.2) is 35.7 Å². The molecule has 1 saturated carbocycles. The van der Waals surface area contributed by atoms with Gasteiger partial charge in [-0.15, -0.1) is 0 Å². The lowest BCUT2D eigenvalue weighted by Gasteiger charge is -2.33. The Balaban J connectivity index is 1.46. The van der Waals surface area contributed by atoms with Gasteiger partial charge in [-0.05, 0) is 24.5 Å². The van der Waals surface area contributed by atoms with Crippen LogP contribution in [0, 0.1) is 0 Å². The quantitative estimate of drug-likeness (QED) is 0.746. The van der Waals surface area contributed by atoms with Crippen molar-refractivity contribution in [3.8, 4) is 0 Å². The Hall–Kier alpha value is -1.70. The third-order valence-electron chi connectivity index (χ3n) is 5.18. The van der Waals surface area contributed by atoms with Crippen LogP contribution < -0.4 is 0 Å². The molecule has 1 heterocycles. The molecular formula is C20H28N2O4S. The number of carbonyl (C=O) groups is 1. The third kappa shape index (κ3) is 5.89. The highest BCUT2D eigenvalue weighted by Crippen LogP contribution is 2.20. The van der Waals surface area contributed by atoms with Gasteiger partial charge >= 0.3 is 0 Å². The molecule has 1 aliphatic heterocycles. The number of benzene rings is 1. The number of sulfonamides is 1. The summed E-state index contributed by atoms with van der Waals surface area (Å²) in [5.41, 5.74) is 0.842. The van der Waals surface area contributed by atoms with Crippen LogP contribution in [-0.4, -0.2) is 62.4 Å². The third-order valence-corrected chi connectivity index (χ3v) is 6.74. The molecule has 2 aliphatic rings. The summed E-state index contributed by atoms with van der Waals surface area (Å²) in [7, 11) is -3.48. The van der Waals surface area contributed by atoms with E-state index in [-0.39, 0.29) is 18.6 Å². The number of ether oxygens (including phenoxy) is 1. The zero-order chi connectivity index (χ0) is 19.1. The largest absolute Gasteiger partial charge is 0.368 e. The molecule has 1 saturated heterocycles. The van der Waals surface area contributed by atoms with Crippen molar-refractivity contribution in [2.75, 3.05) is 32.8 Å². The zero-order valence-electron chi connectivity index (χ0n) is 15.6. The van der Waals surface area contributed by atoms with E-state index in [0.717, 1.165) is 18.4 Å². The number of piperazine rings is 1. The van der Waals surface area contributed by atoms with Crippen LogP contribution in [0.1, 0.15) is 37.7 Å². The Morgan fingerprint density at radius 2 is 1.70 bits per heavy atom. The van der Waals surface area contributed by atoms with E-state index >= 15 is 0 Å². The fraction of sp³-hybridized carbons (Fsp3) is 0.550. The predicted molar refractivity (Wildman–Crippen MR) is 105 cm³/mol. The number of carbonyl (C=O) groups excluding carboxylic acids is 1. The predicted octanol–water partition coefficient (Wildman–Crippen LogP) is 2.48. The normalized spacial score (nSPS) is 20.2. The zero-order valence-corrected chi connectivity index (χ0v) is 16.4. The molecule has 27 heavy (non-hydrogen) atoms. The first-order chi connectivity index (χ1) is 13.0. The molecule has 0 spiro atoms. The molecule has 3 rings (SSSR count). The van der Waals surface area contributed by atoms with Gasteiger partial charge in [0.25, 0.3) is 0 Å². The van der Waals surface area contributed by atoms with Gasteiger partial charge in [0.15, 0.2) is 0 Å². The van der Waals surface area contributed by atoms with Gasteiger partial charge < -0.3 is 9.64 Å². The Morgan fingerprint density at radius 1 is 1.04 bits per heavy atom. The Kier molecular flexibility index (Phi) is 7.04. The van der Waals surface area contributed by atoms with Gasteiger partial charge in [-0.3, -0.25) is 4.79 Å². The van der Waals surface area contributed by atoms with Crippen molar-refractivity contribution in [3.05, 3.63) is 41.3 Å². The van der Waals surface area contributed by atoms with Crippen molar-refractivity contribution in [3.63, 3.8) is 0 Å². The molecule has 7 heteroatoms. The SMILES string of the molecule is O=C(COC1CCCCC1)N1CCN(S(=O)(=O)C=Cc2ccccc2)CC1. The molecule has 0 aromatic heterocycles. The van der Waals surface area contributed by atoms with Crippen LogP contribution in [0.25, 0.3) is 6.08 Å². The monoisotopic (exact) mass is 392 g/mol. The molecule has 1 amide bonds. The summed E-state index contributed by atoms with van der Waals surface area (Å²) in [6.45, 7) is 1.55. The highest BCUT2D eigenvalue weighted by molar-refractivity contribution is 7.92. The molecule has 148 valence electrons. The van der Waals surface area contributed by atoms with Gasteiger partial charge in [0.1, 0.15) is 6.61 Å². The first-order valence-electron chi connectivity index (χ1n) is 9.67. The van der Waals surface area contributed by atoms with E-state index in [1.807, 2.05) is 30.3 Å². The smallest absolute Gasteiger partial charge is 0.248 e. The molecule has 1 aromatic carbocycles. The fourth-order valence-corrected chi connectivity index (χ4v) is 4.69. The van der Waals surface area contributed by atoms with Crippen molar-refractivity contribution in [1.29, 1.82) is 0 Å². The first-order valence-corrected chi connectivity index (χ1v) is 11.2. The van der Waals surface area contributed by atoms with Crippen LogP contribution in [0.5, 0.6) is 0 Å². The first kappa shape index (κ1) is 20.0. The topological polar surface area (TPSA) is 66.9 Å². The van der Waals surface area contributed by atoms with Crippen molar-refractivity contribution in [1.82, 2.24) is 9.21 Å². The summed E-state index contributed by atoms with van der Waals surface area (Å²) < 4.78 is 32.1. The summed E-state index contributed by atoms with van der Waals surface area (Å²) >= 11 is 0. The second-order valence-electron chi connectivity index (χ2n) is 7.11. The lowest BCUT2D eigenvalue weighted by Crippen LogP contribution is -2.51. The van der Waals surface area contributed by atoms with Gasteiger partial charge in [0, 0.05) is 31.6 Å². The molecule has 0 bridgehead atoms. The lowest BCUT2D eigenvalue weighted by molar-refractivity contribution is -0.140. The van der Waals surface area contributed by atoms with Crippen LogP contribution in [0.3, 0.4) is 0 Å². The minimum absolute atomic E-state index is 0.0440. The number of rotatable bonds is 6. The van der Waals surface area contributed by atoms with E-state index in [1.54, 1.807) is 11.0 Å². The summed E-state index contributed by atoms with van der Waals surface area (Å²) in [6.07, 6.45) is 7.47. The molecule has 6 nitrogen and oxygen atoms in total. The second kappa shape index (κ2) is 9.48. The van der Waals surface area contributed by atoms with Gasteiger partial charge in [-0.2, -0.15) is 4.31 Å². The van der Waals surface area contributed by atoms with Gasteiger partial charge in [-0.1, -0.05) is 49.6 Å². The second-order valence-corrected chi connectivity index (χ2v) is 8.93. The molecule has 1 aliphatic carbocycles. The van der Waals surface area contributed by atoms with E-state index in [9.17, 15) is 13.2 Å². The summed E-state index contributed by atoms with van der Waals surface area (Å²) in [5, 5.41) is 1.24. The molecule has 0 unspecified atom stereocenters. The molecule has 1 aromatic rings. The molecule has 0 radical (unpaired) electrons. The highest BCUT2D eigenvalue weighted by atomic mass is 32.2.